The molecule has 0 bridgehead atoms. The molecule has 1 fully saturated rings. The van der Waals surface area contributed by atoms with E-state index in [1.165, 1.54) is 5.57 Å². The van der Waals surface area contributed by atoms with Gasteiger partial charge in [-0.25, -0.2) is 0 Å². The van der Waals surface area contributed by atoms with E-state index in [1.807, 2.05) is 12.2 Å². The molecule has 0 aromatic heterocycles. The van der Waals surface area contributed by atoms with Gasteiger partial charge >= 0.3 is 0 Å². The molecule has 0 N–H and O–H groups in total. The quantitative estimate of drug-likeness (QED) is 0.553. The summed E-state index contributed by atoms with van der Waals surface area (Å²) in [5.74, 6) is 0.677. The highest BCUT2D eigenvalue weighted by molar-refractivity contribution is 5.23. The summed E-state index contributed by atoms with van der Waals surface area (Å²) in [5, 5.41) is 0. The highest BCUT2D eigenvalue weighted by Crippen LogP contribution is 2.20. The van der Waals surface area contributed by atoms with Gasteiger partial charge in [0.2, 0.25) is 0 Å². The van der Waals surface area contributed by atoms with Crippen LogP contribution >= 0.6 is 0 Å². The van der Waals surface area contributed by atoms with E-state index in [4.69, 9.17) is 0 Å². The number of hydrogen-bond acceptors (Lipinski definition) is 1. The molecule has 1 aliphatic rings. The van der Waals surface area contributed by atoms with Gasteiger partial charge in [-0.05, 0) is 12.6 Å². The third-order valence-electron chi connectivity index (χ3n) is 2.03. The van der Waals surface area contributed by atoms with Gasteiger partial charge in [0.25, 0.3) is 0 Å². The minimum atomic E-state index is 0.677. The number of allylic oxidation sites excluding steroid dienone is 3. The smallest absolute Gasteiger partial charge is 0.00875 e. The van der Waals surface area contributed by atoms with Crippen molar-refractivity contribution in [3.63, 3.8) is 0 Å². The van der Waals surface area contributed by atoms with E-state index in [-0.39, 0.29) is 0 Å². The van der Waals surface area contributed by atoms with Crippen molar-refractivity contribution in [1.82, 2.24) is 4.90 Å². The van der Waals surface area contributed by atoms with Crippen molar-refractivity contribution < 1.29 is 0 Å². The normalized spacial score (nSPS) is 20.1. The van der Waals surface area contributed by atoms with Crippen LogP contribution in [0.4, 0.5) is 0 Å². The number of hydrogen-bond donors (Lipinski definition) is 0. The average molecular weight is 149 g/mol. The van der Waals surface area contributed by atoms with Gasteiger partial charge in [-0.3, -0.25) is 0 Å². The zero-order valence-electron chi connectivity index (χ0n) is 7.09. The maximum absolute atomic E-state index is 3.99. The Labute approximate surface area is 68.7 Å². The minimum absolute atomic E-state index is 0.677. The standard InChI is InChI=1S/C10H15N/c1-4-5-6-9(2)10-7-11(3)8-10/h4-6,10H,1-2,7-8H2,3H3/b6-5-. The van der Waals surface area contributed by atoms with Gasteiger partial charge in [-0.2, -0.15) is 0 Å². The molecule has 0 atom stereocenters. The Morgan fingerprint density at radius 3 is 2.64 bits per heavy atom. The van der Waals surface area contributed by atoms with Gasteiger partial charge in [0.1, 0.15) is 0 Å². The summed E-state index contributed by atoms with van der Waals surface area (Å²) in [6.45, 7) is 9.91. The lowest BCUT2D eigenvalue weighted by Crippen LogP contribution is -2.44. The molecule has 0 spiro atoms. The number of likely N-dealkylation sites (tertiary alicyclic amines) is 1. The van der Waals surface area contributed by atoms with Gasteiger partial charge in [0, 0.05) is 19.0 Å². The van der Waals surface area contributed by atoms with Crippen LogP contribution in [-0.2, 0) is 0 Å². The van der Waals surface area contributed by atoms with E-state index in [0.29, 0.717) is 5.92 Å². The van der Waals surface area contributed by atoms with Crippen LogP contribution in [0.1, 0.15) is 0 Å². The Bertz CT molecular complexity index is 185. The first-order valence-corrected chi connectivity index (χ1v) is 3.90. The third-order valence-corrected chi connectivity index (χ3v) is 2.03. The van der Waals surface area contributed by atoms with Gasteiger partial charge in [0.15, 0.2) is 0 Å². The first-order chi connectivity index (χ1) is 5.24. The van der Waals surface area contributed by atoms with Crippen LogP contribution in [0.3, 0.4) is 0 Å². The molecule has 0 amide bonds. The minimum Gasteiger partial charge on any atom is -0.305 e. The van der Waals surface area contributed by atoms with Crippen LogP contribution in [0.5, 0.6) is 0 Å². The van der Waals surface area contributed by atoms with Crippen molar-refractivity contribution in [3.8, 4) is 0 Å². The largest absolute Gasteiger partial charge is 0.305 e. The van der Waals surface area contributed by atoms with E-state index in [0.717, 1.165) is 13.1 Å². The Kier molecular flexibility index (Phi) is 2.66. The van der Waals surface area contributed by atoms with Crippen molar-refractivity contribution in [2.24, 2.45) is 5.92 Å². The second kappa shape index (κ2) is 3.54. The van der Waals surface area contributed by atoms with Crippen molar-refractivity contribution in [1.29, 1.82) is 0 Å². The average Bonchev–Trinajstić information content (AvgIpc) is 1.94. The molecule has 0 unspecified atom stereocenters. The van der Waals surface area contributed by atoms with Crippen LogP contribution in [0.2, 0.25) is 0 Å². The Morgan fingerprint density at radius 1 is 1.55 bits per heavy atom. The highest BCUT2D eigenvalue weighted by Gasteiger charge is 2.23. The molecule has 0 aromatic carbocycles. The molecule has 0 aromatic rings. The number of nitrogens with zero attached hydrogens (tertiary/aromatic N) is 1. The molecule has 1 heterocycles. The summed E-state index contributed by atoms with van der Waals surface area (Å²) >= 11 is 0. The molecule has 0 radical (unpaired) electrons. The summed E-state index contributed by atoms with van der Waals surface area (Å²) in [7, 11) is 2.13. The van der Waals surface area contributed by atoms with Crippen LogP contribution < -0.4 is 0 Å². The monoisotopic (exact) mass is 149 g/mol. The maximum atomic E-state index is 3.99. The summed E-state index contributed by atoms with van der Waals surface area (Å²) in [6, 6.07) is 0. The fourth-order valence-electron chi connectivity index (χ4n) is 1.26. The molecule has 1 aliphatic heterocycles. The summed E-state index contributed by atoms with van der Waals surface area (Å²) in [6.07, 6.45) is 5.78. The molecule has 0 saturated carbocycles. The molecule has 60 valence electrons. The van der Waals surface area contributed by atoms with Crippen molar-refractivity contribution in [3.05, 3.63) is 37.0 Å². The van der Waals surface area contributed by atoms with Crippen LogP contribution in [-0.4, -0.2) is 25.0 Å². The molecular formula is C10H15N. The Balaban J connectivity index is 2.32. The molecule has 1 nitrogen and oxygen atoms in total. The van der Waals surface area contributed by atoms with Gasteiger partial charge in [0.05, 0.1) is 0 Å². The lowest BCUT2D eigenvalue weighted by atomic mass is 9.93. The van der Waals surface area contributed by atoms with Gasteiger partial charge in [-0.1, -0.05) is 31.4 Å². The SMILES string of the molecule is C=C/C=C\C(=C)C1CN(C)C1. The first kappa shape index (κ1) is 8.28. The lowest BCUT2D eigenvalue weighted by molar-refractivity contribution is 0.164. The fourth-order valence-corrected chi connectivity index (χ4v) is 1.26. The molecule has 0 aliphatic carbocycles. The van der Waals surface area contributed by atoms with E-state index >= 15 is 0 Å². The lowest BCUT2D eigenvalue weighted by Gasteiger charge is -2.36. The second-order valence-electron chi connectivity index (χ2n) is 3.09. The van der Waals surface area contributed by atoms with Crippen LogP contribution in [0, 0.1) is 5.92 Å². The summed E-state index contributed by atoms with van der Waals surface area (Å²) < 4.78 is 0. The van der Waals surface area contributed by atoms with E-state index in [1.54, 1.807) is 6.08 Å². The summed E-state index contributed by atoms with van der Waals surface area (Å²) in [5.41, 5.74) is 1.23. The molecule has 1 heteroatoms. The predicted molar refractivity (Wildman–Crippen MR) is 49.5 cm³/mol. The molecule has 11 heavy (non-hydrogen) atoms. The van der Waals surface area contributed by atoms with Crippen molar-refractivity contribution >= 4 is 0 Å². The predicted octanol–water partition coefficient (Wildman–Crippen LogP) is 1.85. The van der Waals surface area contributed by atoms with E-state index in [2.05, 4.69) is 25.1 Å². The van der Waals surface area contributed by atoms with E-state index in [9.17, 15) is 0 Å². The Morgan fingerprint density at radius 2 is 2.18 bits per heavy atom. The molecular weight excluding hydrogens is 134 g/mol. The van der Waals surface area contributed by atoms with Gasteiger partial charge in [-0.15, -0.1) is 0 Å². The highest BCUT2D eigenvalue weighted by atomic mass is 15.2. The molecule has 1 saturated heterocycles. The van der Waals surface area contributed by atoms with E-state index < -0.39 is 0 Å². The van der Waals surface area contributed by atoms with Crippen LogP contribution in [0.15, 0.2) is 37.0 Å². The van der Waals surface area contributed by atoms with Crippen molar-refractivity contribution in [2.45, 2.75) is 0 Å². The van der Waals surface area contributed by atoms with Gasteiger partial charge < -0.3 is 4.90 Å². The maximum Gasteiger partial charge on any atom is 0.00875 e. The second-order valence-corrected chi connectivity index (χ2v) is 3.09. The zero-order chi connectivity index (χ0) is 8.27. The van der Waals surface area contributed by atoms with Crippen molar-refractivity contribution in [2.75, 3.05) is 20.1 Å². The van der Waals surface area contributed by atoms with Crippen LogP contribution in [0.25, 0.3) is 0 Å². The zero-order valence-corrected chi connectivity index (χ0v) is 7.09. The Hall–Kier alpha value is -0.820. The number of rotatable bonds is 3. The fraction of sp³-hybridized carbons (Fsp3) is 0.400. The summed E-state index contributed by atoms with van der Waals surface area (Å²) in [4.78, 5) is 2.29. The topological polar surface area (TPSA) is 3.24 Å². The molecule has 1 rings (SSSR count). The third kappa shape index (κ3) is 2.05. The first-order valence-electron chi connectivity index (χ1n) is 3.90.